The number of benzene rings is 1. The van der Waals surface area contributed by atoms with Crippen molar-refractivity contribution in [2.45, 2.75) is 12.1 Å². The zero-order valence-corrected chi connectivity index (χ0v) is 16.2. The first-order valence-electron chi connectivity index (χ1n) is 8.34. The van der Waals surface area contributed by atoms with Gasteiger partial charge >= 0.3 is 18.1 Å². The summed E-state index contributed by atoms with van der Waals surface area (Å²) in [6, 6.07) is 6.32. The number of carbonyl (C=O) groups is 2. The van der Waals surface area contributed by atoms with E-state index in [4.69, 9.17) is 9.47 Å². The molecule has 0 bridgehead atoms. The SMILES string of the molecule is COC(=O)C1=CN(c2cccc(C(F)(F)F)c2)C=C(C(=O)OC)C1c1ccsc1. The molecule has 0 saturated heterocycles. The Bertz CT molecular complexity index is 946. The van der Waals surface area contributed by atoms with Crippen molar-refractivity contribution in [1.82, 2.24) is 0 Å². The van der Waals surface area contributed by atoms with Gasteiger partial charge in [0, 0.05) is 18.1 Å². The monoisotopic (exact) mass is 423 g/mol. The van der Waals surface area contributed by atoms with Crippen LogP contribution < -0.4 is 4.90 Å². The van der Waals surface area contributed by atoms with Crippen LogP contribution in [0.3, 0.4) is 0 Å². The van der Waals surface area contributed by atoms with Gasteiger partial charge in [0.2, 0.25) is 0 Å². The first kappa shape index (κ1) is 20.7. The summed E-state index contributed by atoms with van der Waals surface area (Å²) in [6.07, 6.45) is -1.79. The minimum atomic E-state index is -4.53. The second kappa shape index (κ2) is 8.12. The lowest BCUT2D eigenvalue weighted by molar-refractivity contribution is -0.138. The molecule has 0 aliphatic carbocycles. The summed E-state index contributed by atoms with van der Waals surface area (Å²) in [4.78, 5) is 26.2. The van der Waals surface area contributed by atoms with Crippen LogP contribution in [-0.2, 0) is 25.2 Å². The molecule has 0 saturated carbocycles. The van der Waals surface area contributed by atoms with Gasteiger partial charge in [-0.3, -0.25) is 0 Å². The van der Waals surface area contributed by atoms with E-state index in [0.29, 0.717) is 5.56 Å². The Hall–Kier alpha value is -3.07. The predicted molar refractivity (Wildman–Crippen MR) is 101 cm³/mol. The molecule has 2 aromatic rings. The molecule has 1 aliphatic rings. The van der Waals surface area contributed by atoms with Gasteiger partial charge in [0.25, 0.3) is 0 Å². The Morgan fingerprint density at radius 3 is 2.14 bits per heavy atom. The van der Waals surface area contributed by atoms with Crippen LogP contribution in [0.1, 0.15) is 17.0 Å². The molecule has 2 heterocycles. The minimum Gasteiger partial charge on any atom is -0.466 e. The summed E-state index contributed by atoms with van der Waals surface area (Å²) in [7, 11) is 2.39. The standard InChI is InChI=1S/C20H16F3NO4S/c1-27-18(25)15-9-24(14-5-3-4-13(8-14)20(21,22)23)10-16(19(26)28-2)17(15)12-6-7-29-11-12/h3-11,17H,1-2H3. The van der Waals surface area contributed by atoms with E-state index in [-0.39, 0.29) is 16.8 Å². The zero-order chi connectivity index (χ0) is 21.2. The van der Waals surface area contributed by atoms with Crippen molar-refractivity contribution >= 4 is 29.0 Å². The normalized spacial score (nSPS) is 14.9. The van der Waals surface area contributed by atoms with Crippen molar-refractivity contribution in [3.8, 4) is 0 Å². The van der Waals surface area contributed by atoms with Crippen molar-refractivity contribution < 1.29 is 32.2 Å². The highest BCUT2D eigenvalue weighted by atomic mass is 32.1. The predicted octanol–water partition coefficient (Wildman–Crippen LogP) is 4.48. The van der Waals surface area contributed by atoms with Gasteiger partial charge in [0.15, 0.2) is 0 Å². The van der Waals surface area contributed by atoms with Gasteiger partial charge in [-0.2, -0.15) is 24.5 Å². The summed E-state index contributed by atoms with van der Waals surface area (Å²) in [5.74, 6) is -2.16. The number of hydrogen-bond acceptors (Lipinski definition) is 6. The Kier molecular flexibility index (Phi) is 5.78. The second-order valence-corrected chi connectivity index (χ2v) is 6.88. The molecule has 0 radical (unpaired) electrons. The minimum absolute atomic E-state index is 0.103. The number of alkyl halides is 3. The van der Waals surface area contributed by atoms with E-state index in [9.17, 15) is 22.8 Å². The molecule has 0 fully saturated rings. The summed E-state index contributed by atoms with van der Waals surface area (Å²) in [5, 5.41) is 3.57. The number of halogens is 3. The second-order valence-electron chi connectivity index (χ2n) is 6.10. The number of nitrogens with zero attached hydrogens (tertiary/aromatic N) is 1. The third-order valence-electron chi connectivity index (χ3n) is 4.37. The number of thiophene rings is 1. The highest BCUT2D eigenvalue weighted by Crippen LogP contribution is 2.40. The van der Waals surface area contributed by atoms with E-state index in [2.05, 4.69) is 0 Å². The van der Waals surface area contributed by atoms with E-state index in [1.54, 1.807) is 16.8 Å². The van der Waals surface area contributed by atoms with Crippen molar-refractivity contribution in [2.75, 3.05) is 19.1 Å². The molecule has 5 nitrogen and oxygen atoms in total. The van der Waals surface area contributed by atoms with E-state index < -0.39 is 29.6 Å². The van der Waals surface area contributed by atoms with Gasteiger partial charge in [-0.15, -0.1) is 0 Å². The number of esters is 2. The highest BCUT2D eigenvalue weighted by Gasteiger charge is 2.36. The molecule has 29 heavy (non-hydrogen) atoms. The molecule has 1 aromatic carbocycles. The van der Waals surface area contributed by atoms with Crippen LogP contribution >= 0.6 is 11.3 Å². The Balaban J connectivity index is 2.16. The van der Waals surface area contributed by atoms with E-state index in [1.807, 2.05) is 0 Å². The quantitative estimate of drug-likeness (QED) is 0.679. The van der Waals surface area contributed by atoms with E-state index in [1.165, 1.54) is 55.0 Å². The summed E-state index contributed by atoms with van der Waals surface area (Å²) >= 11 is 1.38. The third-order valence-corrected chi connectivity index (χ3v) is 5.07. The van der Waals surface area contributed by atoms with Gasteiger partial charge in [0.05, 0.1) is 36.8 Å². The van der Waals surface area contributed by atoms with Crippen LogP contribution in [0.4, 0.5) is 18.9 Å². The lowest BCUT2D eigenvalue weighted by Crippen LogP contribution is -2.28. The Labute approximate surface area is 168 Å². The first-order valence-corrected chi connectivity index (χ1v) is 9.28. The van der Waals surface area contributed by atoms with Gasteiger partial charge in [-0.1, -0.05) is 6.07 Å². The van der Waals surface area contributed by atoms with Gasteiger partial charge < -0.3 is 14.4 Å². The largest absolute Gasteiger partial charge is 0.466 e. The smallest absolute Gasteiger partial charge is 0.416 e. The molecule has 9 heteroatoms. The number of anilines is 1. The fourth-order valence-electron chi connectivity index (χ4n) is 3.02. The van der Waals surface area contributed by atoms with Crippen molar-refractivity contribution in [2.24, 2.45) is 0 Å². The average Bonchev–Trinajstić information content (AvgIpc) is 3.25. The molecule has 0 atom stereocenters. The van der Waals surface area contributed by atoms with Crippen LogP contribution in [0.15, 0.2) is 64.6 Å². The molecular formula is C20H16F3NO4S. The summed E-state index contributed by atoms with van der Waals surface area (Å²) in [5.41, 5.74) is 0.159. The van der Waals surface area contributed by atoms with Crippen LogP contribution in [0.5, 0.6) is 0 Å². The maximum absolute atomic E-state index is 13.1. The van der Waals surface area contributed by atoms with Gasteiger partial charge in [-0.25, -0.2) is 9.59 Å². The van der Waals surface area contributed by atoms with Gasteiger partial charge in [0.1, 0.15) is 0 Å². The molecule has 0 unspecified atom stereocenters. The van der Waals surface area contributed by atoms with E-state index in [0.717, 1.165) is 12.1 Å². The lowest BCUT2D eigenvalue weighted by atomic mass is 9.84. The van der Waals surface area contributed by atoms with Crippen LogP contribution in [0, 0.1) is 0 Å². The van der Waals surface area contributed by atoms with Crippen LogP contribution in [-0.4, -0.2) is 26.2 Å². The number of methoxy groups -OCH3 is 2. The highest BCUT2D eigenvalue weighted by molar-refractivity contribution is 7.08. The maximum atomic E-state index is 13.1. The summed E-state index contributed by atoms with van der Waals surface area (Å²) in [6.45, 7) is 0. The molecule has 0 amide bonds. The topological polar surface area (TPSA) is 55.8 Å². The number of ether oxygens (including phenoxy) is 2. The molecule has 0 N–H and O–H groups in total. The number of carbonyl (C=O) groups excluding carboxylic acids is 2. The average molecular weight is 423 g/mol. The third kappa shape index (κ3) is 4.19. The molecule has 1 aromatic heterocycles. The van der Waals surface area contributed by atoms with E-state index >= 15 is 0 Å². The van der Waals surface area contributed by atoms with Crippen molar-refractivity contribution in [1.29, 1.82) is 0 Å². The zero-order valence-electron chi connectivity index (χ0n) is 15.4. The number of hydrogen-bond donors (Lipinski definition) is 0. The molecule has 1 aliphatic heterocycles. The van der Waals surface area contributed by atoms with Crippen molar-refractivity contribution in [3.63, 3.8) is 0 Å². The Morgan fingerprint density at radius 2 is 1.66 bits per heavy atom. The fourth-order valence-corrected chi connectivity index (χ4v) is 3.71. The first-order chi connectivity index (χ1) is 13.8. The van der Waals surface area contributed by atoms with Crippen molar-refractivity contribution in [3.05, 3.63) is 75.8 Å². The maximum Gasteiger partial charge on any atom is 0.416 e. The van der Waals surface area contributed by atoms with Crippen LogP contribution in [0.2, 0.25) is 0 Å². The molecule has 3 rings (SSSR count). The number of rotatable bonds is 4. The Morgan fingerprint density at radius 1 is 1.03 bits per heavy atom. The molecule has 152 valence electrons. The fraction of sp³-hybridized carbons (Fsp3) is 0.200. The van der Waals surface area contributed by atoms with Crippen LogP contribution in [0.25, 0.3) is 0 Å². The lowest BCUT2D eigenvalue weighted by Gasteiger charge is -2.29. The summed E-state index contributed by atoms with van der Waals surface area (Å²) < 4.78 is 49.0. The molecule has 0 spiro atoms. The van der Waals surface area contributed by atoms with Gasteiger partial charge in [-0.05, 0) is 40.6 Å². The molecular weight excluding hydrogens is 407 g/mol.